The number of benzene rings is 1. The van der Waals surface area contributed by atoms with Crippen molar-refractivity contribution in [3.63, 3.8) is 0 Å². The smallest absolute Gasteiger partial charge is 0.204 e. The Morgan fingerprint density at radius 2 is 2.16 bits per heavy atom. The molecular formula is C15H10ClNOS. The lowest BCUT2D eigenvalue weighted by atomic mass is 10.1. The summed E-state index contributed by atoms with van der Waals surface area (Å²) < 4.78 is 0. The molecule has 0 unspecified atom stereocenters. The standard InChI is InChI=1S/C15H10ClNOS/c1-9-8-19-15(13(9)16)14(18)11-5-4-10-3-2-6-17-12(10)7-11/h2-8H,1H3. The highest BCUT2D eigenvalue weighted by Gasteiger charge is 2.16. The normalized spacial score (nSPS) is 10.8. The fourth-order valence-corrected chi connectivity index (χ4v) is 3.16. The van der Waals surface area contributed by atoms with Crippen LogP contribution >= 0.6 is 22.9 Å². The Kier molecular flexibility index (Phi) is 3.09. The Labute approximate surface area is 119 Å². The highest BCUT2D eigenvalue weighted by Crippen LogP contribution is 2.29. The summed E-state index contributed by atoms with van der Waals surface area (Å²) in [5, 5.41) is 3.47. The topological polar surface area (TPSA) is 30.0 Å². The molecule has 19 heavy (non-hydrogen) atoms. The second kappa shape index (κ2) is 4.76. The monoisotopic (exact) mass is 287 g/mol. The summed E-state index contributed by atoms with van der Waals surface area (Å²) in [6.45, 7) is 1.90. The number of hydrogen-bond acceptors (Lipinski definition) is 3. The zero-order chi connectivity index (χ0) is 13.4. The summed E-state index contributed by atoms with van der Waals surface area (Å²) in [6.07, 6.45) is 1.72. The molecule has 2 heterocycles. The zero-order valence-electron chi connectivity index (χ0n) is 10.2. The van der Waals surface area contributed by atoms with E-state index in [2.05, 4.69) is 4.98 Å². The number of aromatic nitrogens is 1. The maximum absolute atomic E-state index is 12.4. The molecule has 3 aromatic rings. The minimum Gasteiger partial charge on any atom is -0.288 e. The number of thiophene rings is 1. The predicted octanol–water partition coefficient (Wildman–Crippen LogP) is 4.49. The summed E-state index contributed by atoms with van der Waals surface area (Å²) >= 11 is 7.53. The lowest BCUT2D eigenvalue weighted by Gasteiger charge is -2.02. The fourth-order valence-electron chi connectivity index (χ4n) is 1.92. The largest absolute Gasteiger partial charge is 0.288 e. The van der Waals surface area contributed by atoms with E-state index in [-0.39, 0.29) is 5.78 Å². The Morgan fingerprint density at radius 3 is 2.89 bits per heavy atom. The number of aryl methyl sites for hydroxylation is 1. The van der Waals surface area contributed by atoms with Crippen LogP contribution in [0.3, 0.4) is 0 Å². The minimum atomic E-state index is -0.0457. The molecule has 0 saturated heterocycles. The van der Waals surface area contributed by atoms with Crippen molar-refractivity contribution in [1.82, 2.24) is 4.98 Å². The molecule has 0 aliphatic heterocycles. The van der Waals surface area contributed by atoms with E-state index in [9.17, 15) is 4.79 Å². The fraction of sp³-hybridized carbons (Fsp3) is 0.0667. The van der Waals surface area contributed by atoms with Gasteiger partial charge >= 0.3 is 0 Å². The Bertz CT molecular complexity index is 779. The van der Waals surface area contributed by atoms with Crippen molar-refractivity contribution in [3.05, 3.63) is 62.9 Å². The van der Waals surface area contributed by atoms with Gasteiger partial charge in [-0.05, 0) is 30.0 Å². The average Bonchev–Trinajstić information content (AvgIpc) is 2.78. The molecule has 2 aromatic heterocycles. The van der Waals surface area contributed by atoms with Crippen LogP contribution in [-0.2, 0) is 0 Å². The number of ketones is 1. The van der Waals surface area contributed by atoms with E-state index in [1.165, 1.54) is 11.3 Å². The second-order valence-corrected chi connectivity index (χ2v) is 5.56. The molecule has 0 atom stereocenters. The number of pyridine rings is 1. The Hall–Kier alpha value is -1.71. The lowest BCUT2D eigenvalue weighted by molar-refractivity contribution is 0.104. The first-order valence-electron chi connectivity index (χ1n) is 5.80. The molecule has 0 spiro atoms. The summed E-state index contributed by atoms with van der Waals surface area (Å²) in [5.74, 6) is -0.0457. The predicted molar refractivity (Wildman–Crippen MR) is 79.2 cm³/mol. The molecule has 4 heteroatoms. The van der Waals surface area contributed by atoms with Crippen LogP contribution in [0, 0.1) is 6.92 Å². The van der Waals surface area contributed by atoms with Gasteiger partial charge in [0, 0.05) is 17.1 Å². The van der Waals surface area contributed by atoms with Gasteiger partial charge in [0.25, 0.3) is 0 Å². The van der Waals surface area contributed by atoms with Crippen molar-refractivity contribution in [2.75, 3.05) is 0 Å². The van der Waals surface area contributed by atoms with Gasteiger partial charge in [-0.2, -0.15) is 0 Å². The van der Waals surface area contributed by atoms with Crippen LogP contribution in [0.25, 0.3) is 10.9 Å². The van der Waals surface area contributed by atoms with E-state index in [1.54, 1.807) is 6.20 Å². The van der Waals surface area contributed by atoms with Crippen LogP contribution in [0.4, 0.5) is 0 Å². The van der Waals surface area contributed by atoms with E-state index in [0.717, 1.165) is 16.5 Å². The third-order valence-corrected chi connectivity index (χ3v) is 4.67. The van der Waals surface area contributed by atoms with Crippen LogP contribution in [0.5, 0.6) is 0 Å². The number of carbonyl (C=O) groups excluding carboxylic acids is 1. The van der Waals surface area contributed by atoms with Crippen molar-refractivity contribution in [2.24, 2.45) is 0 Å². The van der Waals surface area contributed by atoms with Crippen molar-refractivity contribution in [2.45, 2.75) is 6.92 Å². The number of halogens is 1. The van der Waals surface area contributed by atoms with Crippen LogP contribution < -0.4 is 0 Å². The van der Waals surface area contributed by atoms with Gasteiger partial charge in [-0.1, -0.05) is 29.8 Å². The van der Waals surface area contributed by atoms with Crippen molar-refractivity contribution < 1.29 is 4.79 Å². The maximum atomic E-state index is 12.4. The maximum Gasteiger partial charge on any atom is 0.204 e. The molecule has 0 bridgehead atoms. The number of carbonyl (C=O) groups is 1. The zero-order valence-corrected chi connectivity index (χ0v) is 11.8. The molecule has 0 fully saturated rings. The lowest BCUT2D eigenvalue weighted by Crippen LogP contribution is -1.99. The first-order valence-corrected chi connectivity index (χ1v) is 7.05. The number of nitrogens with zero attached hydrogens (tertiary/aromatic N) is 1. The average molecular weight is 288 g/mol. The van der Waals surface area contributed by atoms with Crippen molar-refractivity contribution in [1.29, 1.82) is 0 Å². The SMILES string of the molecule is Cc1csc(C(=O)c2ccc3cccnc3c2)c1Cl. The van der Waals surface area contributed by atoms with E-state index in [1.807, 2.05) is 42.6 Å². The van der Waals surface area contributed by atoms with Gasteiger partial charge in [-0.25, -0.2) is 0 Å². The number of hydrogen-bond donors (Lipinski definition) is 0. The van der Waals surface area contributed by atoms with Gasteiger partial charge < -0.3 is 0 Å². The Balaban J connectivity index is 2.09. The summed E-state index contributed by atoms with van der Waals surface area (Å²) in [6, 6.07) is 9.38. The molecule has 0 radical (unpaired) electrons. The van der Waals surface area contributed by atoms with Gasteiger partial charge in [0.1, 0.15) is 0 Å². The molecule has 0 N–H and O–H groups in total. The second-order valence-electron chi connectivity index (χ2n) is 4.30. The van der Waals surface area contributed by atoms with E-state index in [4.69, 9.17) is 11.6 Å². The molecule has 0 aliphatic carbocycles. The molecule has 2 nitrogen and oxygen atoms in total. The number of rotatable bonds is 2. The van der Waals surface area contributed by atoms with E-state index >= 15 is 0 Å². The minimum absolute atomic E-state index is 0.0457. The molecule has 0 amide bonds. The van der Waals surface area contributed by atoms with Crippen molar-refractivity contribution in [3.8, 4) is 0 Å². The van der Waals surface area contributed by atoms with Gasteiger partial charge in [0.05, 0.1) is 15.4 Å². The molecular weight excluding hydrogens is 278 g/mol. The number of fused-ring (bicyclic) bond motifs is 1. The van der Waals surface area contributed by atoms with Gasteiger partial charge in [0.15, 0.2) is 0 Å². The first-order chi connectivity index (χ1) is 9.16. The van der Waals surface area contributed by atoms with E-state index < -0.39 is 0 Å². The first kappa shape index (κ1) is 12.3. The molecule has 1 aromatic carbocycles. The quantitative estimate of drug-likeness (QED) is 0.650. The Morgan fingerprint density at radius 1 is 1.32 bits per heavy atom. The van der Waals surface area contributed by atoms with Gasteiger partial charge in [-0.15, -0.1) is 11.3 Å². The third kappa shape index (κ3) is 2.15. The van der Waals surface area contributed by atoms with Crippen LogP contribution in [-0.4, -0.2) is 10.8 Å². The third-order valence-electron chi connectivity index (χ3n) is 2.97. The summed E-state index contributed by atoms with van der Waals surface area (Å²) in [5.41, 5.74) is 2.38. The van der Waals surface area contributed by atoms with Crippen molar-refractivity contribution >= 4 is 39.6 Å². The van der Waals surface area contributed by atoms with Crippen LogP contribution in [0.1, 0.15) is 20.8 Å². The summed E-state index contributed by atoms with van der Waals surface area (Å²) in [7, 11) is 0. The molecule has 3 rings (SSSR count). The van der Waals surface area contributed by atoms with Crippen LogP contribution in [0.15, 0.2) is 41.9 Å². The van der Waals surface area contributed by atoms with E-state index in [0.29, 0.717) is 15.5 Å². The molecule has 0 saturated carbocycles. The highest BCUT2D eigenvalue weighted by atomic mass is 35.5. The highest BCUT2D eigenvalue weighted by molar-refractivity contribution is 7.13. The van der Waals surface area contributed by atoms with Crippen LogP contribution in [0.2, 0.25) is 5.02 Å². The molecule has 0 aliphatic rings. The molecule has 94 valence electrons. The van der Waals surface area contributed by atoms with Gasteiger partial charge in [0.2, 0.25) is 5.78 Å². The van der Waals surface area contributed by atoms with Gasteiger partial charge in [-0.3, -0.25) is 9.78 Å². The summed E-state index contributed by atoms with van der Waals surface area (Å²) in [4.78, 5) is 17.3.